The Morgan fingerprint density at radius 2 is 2.10 bits per heavy atom. The van der Waals surface area contributed by atoms with Crippen molar-refractivity contribution in [3.8, 4) is 11.5 Å². The van der Waals surface area contributed by atoms with Gasteiger partial charge < -0.3 is 15.2 Å². The second kappa shape index (κ2) is 5.96. The smallest absolute Gasteiger partial charge is 0.122 e. The summed E-state index contributed by atoms with van der Waals surface area (Å²) in [6.45, 7) is 2.72. The molecule has 2 unspecified atom stereocenters. The van der Waals surface area contributed by atoms with Gasteiger partial charge in [0.05, 0.1) is 12.6 Å². The number of ether oxygens (including phenoxy) is 2. The van der Waals surface area contributed by atoms with Crippen molar-refractivity contribution in [3.63, 3.8) is 0 Å². The highest BCUT2D eigenvalue weighted by atomic mass is 35.5. The van der Waals surface area contributed by atoms with Crippen molar-refractivity contribution in [2.24, 2.45) is 5.73 Å². The SMILES string of the molecule is CC(Oc1cccc(Cl)c1)C(N)c1ccc2c(c1)CCO2. The van der Waals surface area contributed by atoms with Crippen LogP contribution in [0.4, 0.5) is 0 Å². The van der Waals surface area contributed by atoms with Crippen LogP contribution in [0.5, 0.6) is 11.5 Å². The summed E-state index contributed by atoms with van der Waals surface area (Å²) < 4.78 is 11.4. The molecule has 1 aliphatic rings. The summed E-state index contributed by atoms with van der Waals surface area (Å²) in [4.78, 5) is 0. The van der Waals surface area contributed by atoms with Crippen LogP contribution in [0.25, 0.3) is 0 Å². The first-order chi connectivity index (χ1) is 10.1. The molecule has 0 radical (unpaired) electrons. The van der Waals surface area contributed by atoms with Gasteiger partial charge in [-0.3, -0.25) is 0 Å². The zero-order valence-corrected chi connectivity index (χ0v) is 12.6. The predicted molar refractivity (Wildman–Crippen MR) is 84.1 cm³/mol. The van der Waals surface area contributed by atoms with Gasteiger partial charge in [-0.05, 0) is 42.3 Å². The first kappa shape index (κ1) is 14.2. The molecular formula is C17H18ClNO2. The Morgan fingerprint density at radius 3 is 2.90 bits per heavy atom. The van der Waals surface area contributed by atoms with Crippen molar-refractivity contribution >= 4 is 11.6 Å². The normalized spacial score (nSPS) is 16.0. The maximum Gasteiger partial charge on any atom is 0.122 e. The van der Waals surface area contributed by atoms with E-state index in [0.717, 1.165) is 30.1 Å². The number of rotatable bonds is 4. The minimum Gasteiger partial charge on any atom is -0.493 e. The van der Waals surface area contributed by atoms with E-state index in [1.165, 1.54) is 5.56 Å². The van der Waals surface area contributed by atoms with Gasteiger partial charge in [-0.25, -0.2) is 0 Å². The van der Waals surface area contributed by atoms with Crippen molar-refractivity contribution in [2.75, 3.05) is 6.61 Å². The van der Waals surface area contributed by atoms with E-state index in [0.29, 0.717) is 5.02 Å². The van der Waals surface area contributed by atoms with Crippen molar-refractivity contribution in [3.05, 3.63) is 58.6 Å². The van der Waals surface area contributed by atoms with E-state index in [2.05, 4.69) is 6.07 Å². The van der Waals surface area contributed by atoms with Crippen molar-refractivity contribution in [1.82, 2.24) is 0 Å². The molecular weight excluding hydrogens is 286 g/mol. The van der Waals surface area contributed by atoms with Crippen LogP contribution in [0, 0.1) is 0 Å². The Hall–Kier alpha value is -1.71. The van der Waals surface area contributed by atoms with Crippen LogP contribution in [0.15, 0.2) is 42.5 Å². The number of hydrogen-bond donors (Lipinski definition) is 1. The lowest BCUT2D eigenvalue weighted by atomic mass is 10.00. The van der Waals surface area contributed by atoms with E-state index in [9.17, 15) is 0 Å². The van der Waals surface area contributed by atoms with E-state index in [1.54, 1.807) is 6.07 Å². The monoisotopic (exact) mass is 303 g/mol. The Balaban J connectivity index is 1.73. The maximum atomic E-state index is 6.32. The lowest BCUT2D eigenvalue weighted by molar-refractivity contribution is 0.190. The Bertz CT molecular complexity index is 644. The summed E-state index contributed by atoms with van der Waals surface area (Å²) in [7, 11) is 0. The van der Waals surface area contributed by atoms with E-state index < -0.39 is 0 Å². The van der Waals surface area contributed by atoms with Gasteiger partial charge in [-0.15, -0.1) is 0 Å². The number of hydrogen-bond acceptors (Lipinski definition) is 3. The first-order valence-electron chi connectivity index (χ1n) is 7.07. The van der Waals surface area contributed by atoms with E-state index >= 15 is 0 Å². The summed E-state index contributed by atoms with van der Waals surface area (Å²) in [5, 5.41) is 0.656. The highest BCUT2D eigenvalue weighted by Gasteiger charge is 2.20. The molecule has 0 aliphatic carbocycles. The van der Waals surface area contributed by atoms with Crippen molar-refractivity contribution < 1.29 is 9.47 Å². The molecule has 0 bridgehead atoms. The molecule has 0 saturated carbocycles. The van der Waals surface area contributed by atoms with Crippen LogP contribution >= 0.6 is 11.6 Å². The van der Waals surface area contributed by atoms with E-state index in [4.69, 9.17) is 26.8 Å². The topological polar surface area (TPSA) is 44.5 Å². The van der Waals surface area contributed by atoms with Crippen molar-refractivity contribution in [2.45, 2.75) is 25.5 Å². The average Bonchev–Trinajstić information content (AvgIpc) is 2.93. The minimum absolute atomic E-state index is 0.149. The molecule has 110 valence electrons. The Kier molecular flexibility index (Phi) is 4.04. The van der Waals surface area contributed by atoms with Gasteiger partial charge in [-0.1, -0.05) is 29.8 Å². The third kappa shape index (κ3) is 3.14. The number of nitrogens with two attached hydrogens (primary N) is 1. The molecule has 21 heavy (non-hydrogen) atoms. The third-order valence-electron chi connectivity index (χ3n) is 3.72. The van der Waals surface area contributed by atoms with Gasteiger partial charge in [0.15, 0.2) is 0 Å². The van der Waals surface area contributed by atoms with Crippen LogP contribution in [0.2, 0.25) is 5.02 Å². The minimum atomic E-state index is -0.199. The largest absolute Gasteiger partial charge is 0.493 e. The maximum absolute atomic E-state index is 6.32. The van der Waals surface area contributed by atoms with Crippen molar-refractivity contribution in [1.29, 1.82) is 0 Å². The molecule has 0 saturated heterocycles. The van der Waals surface area contributed by atoms with Gasteiger partial charge in [0, 0.05) is 11.4 Å². The van der Waals surface area contributed by atoms with Gasteiger partial charge in [0.25, 0.3) is 0 Å². The summed E-state index contributed by atoms with van der Waals surface area (Å²) in [6, 6.07) is 13.3. The predicted octanol–water partition coefficient (Wildman–Crippen LogP) is 3.74. The second-order valence-corrected chi connectivity index (χ2v) is 5.71. The molecule has 0 amide bonds. The molecule has 1 aliphatic heterocycles. The lowest BCUT2D eigenvalue weighted by Gasteiger charge is -2.22. The highest BCUT2D eigenvalue weighted by Crippen LogP contribution is 2.29. The fourth-order valence-corrected chi connectivity index (χ4v) is 2.69. The van der Waals surface area contributed by atoms with Gasteiger partial charge >= 0.3 is 0 Å². The van der Waals surface area contributed by atoms with Crippen LogP contribution < -0.4 is 15.2 Å². The fraction of sp³-hybridized carbons (Fsp3) is 0.294. The molecule has 0 fully saturated rings. The molecule has 0 aromatic heterocycles. The zero-order chi connectivity index (χ0) is 14.8. The van der Waals surface area contributed by atoms with E-state index in [-0.39, 0.29) is 12.1 Å². The molecule has 3 nitrogen and oxygen atoms in total. The van der Waals surface area contributed by atoms with Gasteiger partial charge in [-0.2, -0.15) is 0 Å². The van der Waals surface area contributed by atoms with Crippen LogP contribution in [0.3, 0.4) is 0 Å². The molecule has 2 aromatic carbocycles. The highest BCUT2D eigenvalue weighted by molar-refractivity contribution is 6.30. The fourth-order valence-electron chi connectivity index (χ4n) is 2.51. The van der Waals surface area contributed by atoms with Gasteiger partial charge in [0.1, 0.15) is 17.6 Å². The quantitative estimate of drug-likeness (QED) is 0.935. The first-order valence-corrected chi connectivity index (χ1v) is 7.45. The molecule has 2 atom stereocenters. The van der Waals surface area contributed by atoms with E-state index in [1.807, 2.05) is 37.3 Å². The summed E-state index contributed by atoms with van der Waals surface area (Å²) in [5.41, 5.74) is 8.60. The molecule has 3 rings (SSSR count). The standard InChI is InChI=1S/C17H18ClNO2/c1-11(21-15-4-2-3-14(18)10-15)17(19)13-5-6-16-12(9-13)7-8-20-16/h2-6,9-11,17H,7-8,19H2,1H3. The molecule has 2 aromatic rings. The summed E-state index contributed by atoms with van der Waals surface area (Å²) in [5.74, 6) is 1.70. The third-order valence-corrected chi connectivity index (χ3v) is 3.96. The average molecular weight is 304 g/mol. The zero-order valence-electron chi connectivity index (χ0n) is 11.9. The molecule has 1 heterocycles. The lowest BCUT2D eigenvalue weighted by Crippen LogP contribution is -2.28. The summed E-state index contributed by atoms with van der Waals surface area (Å²) >= 11 is 5.96. The molecule has 2 N–H and O–H groups in total. The van der Waals surface area contributed by atoms with Crippen LogP contribution in [-0.2, 0) is 6.42 Å². The Labute approximate surface area is 129 Å². The van der Waals surface area contributed by atoms with Crippen LogP contribution in [0.1, 0.15) is 24.1 Å². The second-order valence-electron chi connectivity index (χ2n) is 5.27. The number of halogens is 1. The number of fused-ring (bicyclic) bond motifs is 1. The Morgan fingerprint density at radius 1 is 1.24 bits per heavy atom. The molecule has 4 heteroatoms. The van der Waals surface area contributed by atoms with Crippen LogP contribution in [-0.4, -0.2) is 12.7 Å². The summed E-state index contributed by atoms with van der Waals surface area (Å²) in [6.07, 6.45) is 0.795. The number of benzene rings is 2. The van der Waals surface area contributed by atoms with Gasteiger partial charge in [0.2, 0.25) is 0 Å². The molecule has 0 spiro atoms.